The van der Waals surface area contributed by atoms with Crippen molar-refractivity contribution in [2.45, 2.75) is 37.4 Å². The largest absolute Gasteiger partial charge is 0.495 e. The third-order valence-electron chi connectivity index (χ3n) is 3.15. The molecule has 16 heavy (non-hydrogen) atoms. The van der Waals surface area contributed by atoms with Crippen LogP contribution in [0.15, 0.2) is 18.3 Å². The second-order valence-corrected chi connectivity index (χ2v) is 4.38. The molecule has 1 aromatic heterocycles. The highest BCUT2D eigenvalue weighted by molar-refractivity contribution is 5.32. The lowest BCUT2D eigenvalue weighted by Crippen LogP contribution is -2.37. The first-order valence-corrected chi connectivity index (χ1v) is 5.60. The molecule has 4 heteroatoms. The van der Waals surface area contributed by atoms with Crippen LogP contribution in [0, 0.1) is 0 Å². The summed E-state index contributed by atoms with van der Waals surface area (Å²) in [4.78, 5) is 4.12. The van der Waals surface area contributed by atoms with Gasteiger partial charge in [0.15, 0.2) is 5.67 Å². The summed E-state index contributed by atoms with van der Waals surface area (Å²) in [5.41, 5.74) is 4.80. The van der Waals surface area contributed by atoms with Crippen LogP contribution in [-0.4, -0.2) is 18.1 Å². The molecule has 1 heterocycles. The number of nitrogens with two attached hydrogens (primary N) is 1. The summed E-state index contributed by atoms with van der Waals surface area (Å²) >= 11 is 0. The van der Waals surface area contributed by atoms with E-state index in [4.69, 9.17) is 10.5 Å². The number of hydrogen-bond acceptors (Lipinski definition) is 3. The second kappa shape index (κ2) is 4.37. The van der Waals surface area contributed by atoms with Crippen LogP contribution in [-0.2, 0) is 5.67 Å². The molecule has 0 aliphatic heterocycles. The first-order valence-electron chi connectivity index (χ1n) is 5.60. The minimum atomic E-state index is -1.43. The summed E-state index contributed by atoms with van der Waals surface area (Å²) in [7, 11) is 1.53. The maximum Gasteiger partial charge on any atom is 0.157 e. The van der Waals surface area contributed by atoms with Gasteiger partial charge in [0, 0.05) is 18.7 Å². The zero-order valence-electron chi connectivity index (χ0n) is 9.45. The average molecular weight is 224 g/mol. The van der Waals surface area contributed by atoms with E-state index in [2.05, 4.69) is 4.98 Å². The fraction of sp³-hybridized carbons (Fsp3) is 0.583. The Kier molecular flexibility index (Phi) is 3.10. The number of halogens is 1. The van der Waals surface area contributed by atoms with Gasteiger partial charge in [0.2, 0.25) is 0 Å². The van der Waals surface area contributed by atoms with Gasteiger partial charge in [-0.2, -0.15) is 0 Å². The summed E-state index contributed by atoms with van der Waals surface area (Å²) in [6.07, 6.45) is 4.10. The molecule has 0 saturated heterocycles. The van der Waals surface area contributed by atoms with Crippen LogP contribution >= 0.6 is 0 Å². The van der Waals surface area contributed by atoms with E-state index >= 15 is 0 Å². The maximum absolute atomic E-state index is 14.8. The predicted molar refractivity (Wildman–Crippen MR) is 60.0 cm³/mol. The van der Waals surface area contributed by atoms with Crippen molar-refractivity contribution in [2.75, 3.05) is 7.11 Å². The van der Waals surface area contributed by atoms with Crippen molar-refractivity contribution in [2.24, 2.45) is 5.73 Å². The minimum Gasteiger partial charge on any atom is -0.495 e. The normalized spacial score (nSPS) is 30.1. The maximum atomic E-state index is 14.8. The summed E-state index contributed by atoms with van der Waals surface area (Å²) in [6, 6.07) is 3.41. The van der Waals surface area contributed by atoms with E-state index in [0.29, 0.717) is 24.3 Å². The number of rotatable bonds is 2. The lowest BCUT2D eigenvalue weighted by molar-refractivity contribution is 0.0864. The van der Waals surface area contributed by atoms with Gasteiger partial charge in [0.25, 0.3) is 0 Å². The molecule has 1 aliphatic carbocycles. The molecule has 2 N–H and O–H groups in total. The Labute approximate surface area is 94.8 Å². The van der Waals surface area contributed by atoms with Crippen molar-refractivity contribution in [3.05, 3.63) is 24.0 Å². The Hall–Kier alpha value is -1.16. The molecule has 2 atom stereocenters. The van der Waals surface area contributed by atoms with Crippen LogP contribution in [0.3, 0.4) is 0 Å². The van der Waals surface area contributed by atoms with Crippen molar-refractivity contribution in [1.29, 1.82) is 0 Å². The molecule has 1 fully saturated rings. The van der Waals surface area contributed by atoms with Gasteiger partial charge < -0.3 is 10.5 Å². The van der Waals surface area contributed by atoms with Crippen LogP contribution in [0.2, 0.25) is 0 Å². The molecule has 3 nitrogen and oxygen atoms in total. The number of ether oxygens (including phenoxy) is 1. The highest BCUT2D eigenvalue weighted by Gasteiger charge is 2.40. The van der Waals surface area contributed by atoms with Crippen LogP contribution in [0.1, 0.15) is 31.4 Å². The third-order valence-corrected chi connectivity index (χ3v) is 3.15. The molecular weight excluding hydrogens is 207 g/mol. The lowest BCUT2D eigenvalue weighted by atomic mass is 9.81. The smallest absolute Gasteiger partial charge is 0.157 e. The Bertz CT molecular complexity index is 372. The molecule has 0 amide bonds. The van der Waals surface area contributed by atoms with E-state index in [1.54, 1.807) is 18.3 Å². The standard InChI is InChI=1S/C12H17FN2O/c1-16-10-5-3-7-15-11(10)12(13)6-2-4-9(14)8-12/h3,5,7,9H,2,4,6,8,14H2,1H3. The van der Waals surface area contributed by atoms with Crippen molar-refractivity contribution in [3.8, 4) is 5.75 Å². The SMILES string of the molecule is COc1cccnc1C1(F)CCCC(N)C1. The van der Waals surface area contributed by atoms with E-state index in [1.165, 1.54) is 7.11 Å². The fourth-order valence-corrected chi connectivity index (χ4v) is 2.37. The molecule has 1 aromatic rings. The number of nitrogens with zero attached hydrogens (tertiary/aromatic N) is 1. The lowest BCUT2D eigenvalue weighted by Gasteiger charge is -2.33. The zero-order chi connectivity index (χ0) is 11.6. The van der Waals surface area contributed by atoms with Crippen molar-refractivity contribution in [1.82, 2.24) is 4.98 Å². The highest BCUT2D eigenvalue weighted by atomic mass is 19.1. The van der Waals surface area contributed by atoms with Gasteiger partial charge in [0.1, 0.15) is 11.4 Å². The fourth-order valence-electron chi connectivity index (χ4n) is 2.37. The first kappa shape index (κ1) is 11.3. The Morgan fingerprint density at radius 1 is 1.62 bits per heavy atom. The number of alkyl halides is 1. The predicted octanol–water partition coefficient (Wildman–Crippen LogP) is 2.16. The molecule has 0 aromatic carbocycles. The van der Waals surface area contributed by atoms with E-state index in [0.717, 1.165) is 12.8 Å². The van der Waals surface area contributed by atoms with Gasteiger partial charge in [0.05, 0.1) is 7.11 Å². The van der Waals surface area contributed by atoms with E-state index in [1.807, 2.05) is 0 Å². The number of hydrogen-bond donors (Lipinski definition) is 1. The first-order chi connectivity index (χ1) is 7.65. The second-order valence-electron chi connectivity index (χ2n) is 4.38. The van der Waals surface area contributed by atoms with E-state index in [9.17, 15) is 4.39 Å². The van der Waals surface area contributed by atoms with E-state index in [-0.39, 0.29) is 6.04 Å². The van der Waals surface area contributed by atoms with Crippen LogP contribution in [0.25, 0.3) is 0 Å². The third kappa shape index (κ3) is 2.02. The number of methoxy groups -OCH3 is 1. The van der Waals surface area contributed by atoms with Crippen molar-refractivity contribution >= 4 is 0 Å². The van der Waals surface area contributed by atoms with Gasteiger partial charge in [-0.3, -0.25) is 4.98 Å². The summed E-state index contributed by atoms with van der Waals surface area (Å²) in [5.74, 6) is 0.513. The molecule has 0 spiro atoms. The summed E-state index contributed by atoms with van der Waals surface area (Å²) in [5, 5.41) is 0. The summed E-state index contributed by atoms with van der Waals surface area (Å²) < 4.78 is 19.9. The number of pyridine rings is 1. The van der Waals surface area contributed by atoms with Gasteiger partial charge in [-0.1, -0.05) is 0 Å². The quantitative estimate of drug-likeness (QED) is 0.837. The van der Waals surface area contributed by atoms with Crippen molar-refractivity contribution in [3.63, 3.8) is 0 Å². The average Bonchev–Trinajstić information content (AvgIpc) is 2.29. The van der Waals surface area contributed by atoms with Gasteiger partial charge in [-0.15, -0.1) is 0 Å². The summed E-state index contributed by atoms with van der Waals surface area (Å²) in [6.45, 7) is 0. The highest BCUT2D eigenvalue weighted by Crippen LogP contribution is 2.42. The topological polar surface area (TPSA) is 48.1 Å². The molecule has 0 radical (unpaired) electrons. The van der Waals surface area contributed by atoms with Crippen LogP contribution < -0.4 is 10.5 Å². The van der Waals surface area contributed by atoms with Crippen LogP contribution in [0.5, 0.6) is 5.75 Å². The monoisotopic (exact) mass is 224 g/mol. The Morgan fingerprint density at radius 2 is 2.44 bits per heavy atom. The molecule has 88 valence electrons. The molecule has 0 bridgehead atoms. The Morgan fingerprint density at radius 3 is 3.12 bits per heavy atom. The van der Waals surface area contributed by atoms with Gasteiger partial charge in [-0.25, -0.2) is 4.39 Å². The molecule has 1 aliphatic rings. The molecule has 1 saturated carbocycles. The zero-order valence-corrected chi connectivity index (χ0v) is 9.45. The van der Waals surface area contributed by atoms with Gasteiger partial charge in [-0.05, 0) is 31.4 Å². The number of aromatic nitrogens is 1. The molecule has 2 rings (SSSR count). The van der Waals surface area contributed by atoms with Gasteiger partial charge >= 0.3 is 0 Å². The molecule has 2 unspecified atom stereocenters. The van der Waals surface area contributed by atoms with Crippen molar-refractivity contribution < 1.29 is 9.13 Å². The van der Waals surface area contributed by atoms with Crippen LogP contribution in [0.4, 0.5) is 4.39 Å². The van der Waals surface area contributed by atoms with E-state index < -0.39 is 5.67 Å². The minimum absolute atomic E-state index is 0.0783. The molecular formula is C12H17FN2O. The Balaban J connectivity index is 2.34.